The van der Waals surface area contributed by atoms with Gasteiger partial charge in [-0.15, -0.1) is 0 Å². The quantitative estimate of drug-likeness (QED) is 0.631. The molecule has 2 heterocycles. The summed E-state index contributed by atoms with van der Waals surface area (Å²) in [6.07, 6.45) is 3.88. The number of nitrogens with zero attached hydrogens (tertiary/aromatic N) is 2. The molecule has 1 N–H and O–H groups in total. The zero-order valence-electron chi connectivity index (χ0n) is 12.4. The maximum atomic E-state index is 12.1. The lowest BCUT2D eigenvalue weighted by Gasteiger charge is -2.13. The Hall–Kier alpha value is -3.14. The third kappa shape index (κ3) is 2.55. The third-order valence-electron chi connectivity index (χ3n) is 3.89. The van der Waals surface area contributed by atoms with Crippen molar-refractivity contribution in [2.24, 2.45) is 0 Å². The standard InChI is InChI=1S/C19H15N3O/c23-18-12-20-19-16(11-14-7-3-1-4-8-14)21-17(13-22(18)19)15-9-5-2-6-10-15/h1-10,12-13,21H,11H2. The number of fused-ring (bicyclic) bond motifs is 1. The Labute approximate surface area is 133 Å². The molecular formula is C19H15N3O. The van der Waals surface area contributed by atoms with Crippen molar-refractivity contribution in [3.8, 4) is 17.1 Å². The molecule has 2 aromatic rings. The van der Waals surface area contributed by atoms with Gasteiger partial charge in [0.05, 0.1) is 17.6 Å². The Balaban J connectivity index is 1.87. The summed E-state index contributed by atoms with van der Waals surface area (Å²) in [5.41, 5.74) is 3.93. The first-order chi connectivity index (χ1) is 11.3. The van der Waals surface area contributed by atoms with E-state index in [0.717, 1.165) is 17.0 Å². The van der Waals surface area contributed by atoms with Crippen LogP contribution in [0.4, 0.5) is 0 Å². The molecule has 23 heavy (non-hydrogen) atoms. The van der Waals surface area contributed by atoms with Gasteiger partial charge in [-0.25, -0.2) is 4.98 Å². The van der Waals surface area contributed by atoms with Crippen molar-refractivity contribution >= 4 is 0 Å². The lowest BCUT2D eigenvalue weighted by atomic mass is 10.1. The first kappa shape index (κ1) is 13.5. The molecule has 0 aliphatic carbocycles. The van der Waals surface area contributed by atoms with Gasteiger partial charge in [-0.05, 0) is 11.1 Å². The topological polar surface area (TPSA) is 50.7 Å². The van der Waals surface area contributed by atoms with Gasteiger partial charge in [-0.1, -0.05) is 60.7 Å². The van der Waals surface area contributed by atoms with Crippen LogP contribution >= 0.6 is 0 Å². The van der Waals surface area contributed by atoms with Crippen LogP contribution in [0.1, 0.15) is 11.3 Å². The van der Waals surface area contributed by atoms with Crippen LogP contribution < -0.4 is 5.56 Å². The average molecular weight is 301 g/mol. The Bertz CT molecular complexity index is 955. The van der Waals surface area contributed by atoms with Crippen LogP contribution in [0.15, 0.2) is 77.9 Å². The van der Waals surface area contributed by atoms with Crippen LogP contribution in [0.3, 0.4) is 0 Å². The predicted octanol–water partition coefficient (Wildman–Crippen LogP) is 3.26. The second-order valence-corrected chi connectivity index (χ2v) is 5.46. The Morgan fingerprint density at radius 3 is 2.39 bits per heavy atom. The molecule has 0 radical (unpaired) electrons. The van der Waals surface area contributed by atoms with Gasteiger partial charge in [0, 0.05) is 12.6 Å². The van der Waals surface area contributed by atoms with E-state index in [-0.39, 0.29) is 5.56 Å². The largest absolute Gasteiger partial charge is 0.354 e. The molecule has 4 nitrogen and oxygen atoms in total. The van der Waals surface area contributed by atoms with E-state index in [4.69, 9.17) is 0 Å². The summed E-state index contributed by atoms with van der Waals surface area (Å²) in [6, 6.07) is 20.1. The fourth-order valence-corrected chi connectivity index (χ4v) is 2.76. The zero-order chi connectivity index (χ0) is 15.6. The molecule has 112 valence electrons. The maximum Gasteiger partial charge on any atom is 0.274 e. The molecule has 0 atom stereocenters. The predicted molar refractivity (Wildman–Crippen MR) is 90.1 cm³/mol. The minimum absolute atomic E-state index is 0.111. The van der Waals surface area contributed by atoms with E-state index in [9.17, 15) is 4.79 Å². The van der Waals surface area contributed by atoms with Crippen molar-refractivity contribution in [2.75, 3.05) is 0 Å². The molecule has 0 unspecified atom stereocenters. The fourth-order valence-electron chi connectivity index (χ4n) is 2.76. The van der Waals surface area contributed by atoms with Crippen LogP contribution in [0.2, 0.25) is 0 Å². The van der Waals surface area contributed by atoms with E-state index in [2.05, 4.69) is 22.1 Å². The van der Waals surface area contributed by atoms with Gasteiger partial charge in [0.1, 0.15) is 0 Å². The van der Waals surface area contributed by atoms with Crippen LogP contribution in [0.5, 0.6) is 0 Å². The van der Waals surface area contributed by atoms with Crippen molar-refractivity contribution in [1.29, 1.82) is 0 Å². The van der Waals surface area contributed by atoms with E-state index < -0.39 is 0 Å². The summed E-state index contributed by atoms with van der Waals surface area (Å²) in [7, 11) is 0. The third-order valence-corrected chi connectivity index (χ3v) is 3.89. The van der Waals surface area contributed by atoms with E-state index in [0.29, 0.717) is 12.2 Å². The summed E-state index contributed by atoms with van der Waals surface area (Å²) in [5, 5.41) is 0. The van der Waals surface area contributed by atoms with Crippen LogP contribution in [0, 0.1) is 0 Å². The fraction of sp³-hybridized carbons (Fsp3) is 0.0526. The minimum Gasteiger partial charge on any atom is -0.354 e. The van der Waals surface area contributed by atoms with Crippen LogP contribution in [-0.4, -0.2) is 14.5 Å². The molecule has 2 aliphatic rings. The number of aromatic amines is 1. The Kier molecular flexibility index (Phi) is 3.27. The van der Waals surface area contributed by atoms with E-state index in [1.54, 1.807) is 4.57 Å². The van der Waals surface area contributed by atoms with Gasteiger partial charge < -0.3 is 4.98 Å². The number of rotatable bonds is 3. The molecule has 2 aliphatic heterocycles. The first-order valence-electron chi connectivity index (χ1n) is 7.50. The van der Waals surface area contributed by atoms with E-state index >= 15 is 0 Å². The number of aromatic nitrogens is 3. The summed E-state index contributed by atoms with van der Waals surface area (Å²) >= 11 is 0. The molecule has 4 rings (SSSR count). The molecule has 0 spiro atoms. The molecule has 0 saturated heterocycles. The molecule has 4 heteroatoms. The van der Waals surface area contributed by atoms with Gasteiger partial charge in [0.2, 0.25) is 0 Å². The normalized spacial score (nSPS) is 11.0. The highest BCUT2D eigenvalue weighted by molar-refractivity contribution is 5.59. The molecule has 2 aromatic carbocycles. The Morgan fingerprint density at radius 1 is 0.957 bits per heavy atom. The van der Waals surface area contributed by atoms with Crippen molar-refractivity contribution in [3.05, 3.63) is 94.7 Å². The second kappa shape index (κ2) is 5.57. The van der Waals surface area contributed by atoms with Crippen LogP contribution in [-0.2, 0) is 6.42 Å². The number of H-pyrrole nitrogens is 1. The summed E-state index contributed by atoms with van der Waals surface area (Å²) in [6.45, 7) is 0. The van der Waals surface area contributed by atoms with Gasteiger partial charge in [-0.2, -0.15) is 0 Å². The highest BCUT2D eigenvalue weighted by Gasteiger charge is 2.15. The summed E-state index contributed by atoms with van der Waals surface area (Å²) < 4.78 is 1.61. The highest BCUT2D eigenvalue weighted by atomic mass is 16.1. The van der Waals surface area contributed by atoms with Gasteiger partial charge in [-0.3, -0.25) is 9.36 Å². The maximum absolute atomic E-state index is 12.1. The van der Waals surface area contributed by atoms with Gasteiger partial charge in [0.25, 0.3) is 5.56 Å². The second-order valence-electron chi connectivity index (χ2n) is 5.46. The lowest BCUT2D eigenvalue weighted by Crippen LogP contribution is -2.15. The number of hydrogen-bond donors (Lipinski definition) is 1. The molecule has 0 fully saturated rings. The zero-order valence-corrected chi connectivity index (χ0v) is 12.4. The first-order valence-corrected chi connectivity index (χ1v) is 7.50. The number of benzene rings is 2. The summed E-state index contributed by atoms with van der Waals surface area (Å²) in [5.74, 6) is 0.679. The highest BCUT2D eigenvalue weighted by Crippen LogP contribution is 2.22. The van der Waals surface area contributed by atoms with Crippen LogP contribution in [0.25, 0.3) is 17.1 Å². The molecular weight excluding hydrogens is 286 g/mol. The van der Waals surface area contributed by atoms with Crippen molar-refractivity contribution in [3.63, 3.8) is 0 Å². The van der Waals surface area contributed by atoms with Gasteiger partial charge >= 0.3 is 0 Å². The summed E-state index contributed by atoms with van der Waals surface area (Å²) in [4.78, 5) is 19.8. The van der Waals surface area contributed by atoms with Crippen molar-refractivity contribution < 1.29 is 0 Å². The SMILES string of the molecule is O=c1cnc2c(Cc3ccccc3)[nH]c(-c3ccccc3)cn1-2. The molecule has 0 bridgehead atoms. The molecule has 0 amide bonds. The van der Waals surface area contributed by atoms with Crippen molar-refractivity contribution in [2.45, 2.75) is 6.42 Å². The minimum atomic E-state index is -0.111. The molecule has 0 saturated carbocycles. The number of nitrogens with one attached hydrogen (secondary N) is 1. The average Bonchev–Trinajstić information content (AvgIpc) is 2.98. The van der Waals surface area contributed by atoms with Crippen molar-refractivity contribution in [1.82, 2.24) is 14.5 Å². The smallest absolute Gasteiger partial charge is 0.274 e. The molecule has 0 aromatic heterocycles. The Morgan fingerprint density at radius 2 is 1.65 bits per heavy atom. The number of imidazole rings is 1. The van der Waals surface area contributed by atoms with Gasteiger partial charge in [0.15, 0.2) is 5.82 Å². The van der Waals surface area contributed by atoms with E-state index in [1.807, 2.05) is 54.7 Å². The van der Waals surface area contributed by atoms with E-state index in [1.165, 1.54) is 11.8 Å². The lowest BCUT2D eigenvalue weighted by molar-refractivity contribution is 0.915. The monoisotopic (exact) mass is 301 g/mol. The number of hydrogen-bond acceptors (Lipinski definition) is 2.